The Kier molecular flexibility index (Phi) is 12.1. The van der Waals surface area contributed by atoms with Crippen LogP contribution in [0, 0.1) is 0 Å². The number of ether oxygens (including phenoxy) is 3. The Morgan fingerprint density at radius 2 is 1.84 bits per heavy atom. The maximum Gasteiger partial charge on any atom is 0.408 e. The molecule has 0 bridgehead atoms. The van der Waals surface area contributed by atoms with E-state index in [9.17, 15) is 37.2 Å². The zero-order chi connectivity index (χ0) is 40.3. The van der Waals surface area contributed by atoms with Crippen LogP contribution in [-0.4, -0.2) is 114 Å². The predicted molar refractivity (Wildman–Crippen MR) is 198 cm³/mol. The molecule has 2 aromatic rings. The third kappa shape index (κ3) is 9.89. The van der Waals surface area contributed by atoms with E-state index in [0.29, 0.717) is 24.0 Å². The summed E-state index contributed by atoms with van der Waals surface area (Å²) < 4.78 is 44.5. The number of nitrogens with zero attached hydrogens (tertiary/aromatic N) is 3. The van der Waals surface area contributed by atoms with Crippen molar-refractivity contribution in [2.75, 3.05) is 20.2 Å². The molecule has 0 spiro atoms. The van der Waals surface area contributed by atoms with Gasteiger partial charge in [-0.1, -0.05) is 6.08 Å². The average molecular weight is 785 g/mol. The van der Waals surface area contributed by atoms with Crippen molar-refractivity contribution in [3.05, 3.63) is 43.1 Å². The summed E-state index contributed by atoms with van der Waals surface area (Å²) in [5, 5.41) is 5.86. The second kappa shape index (κ2) is 16.2. The van der Waals surface area contributed by atoms with E-state index in [1.807, 2.05) is 0 Å². The lowest BCUT2D eigenvalue weighted by Gasteiger charge is -2.33. The van der Waals surface area contributed by atoms with Crippen molar-refractivity contribution in [1.29, 1.82) is 0 Å². The van der Waals surface area contributed by atoms with Gasteiger partial charge in [0.1, 0.15) is 35.1 Å². The summed E-state index contributed by atoms with van der Waals surface area (Å²) >= 11 is 0. The molecular formula is C37H48N6O11S. The standard InChI is InChI=1S/C37H48N6O11S/c1-7-16-37(5,34(48)41-55(50,51)25-9-10-25)40-31(46)28-20-24(53-32-26-11-8-23(52-6)19-22(26)14-17-38-32)21-43(28)33(47)27(39-35(49)54-36(2,3)4)12-13-29(44)42-18-15-30(42)45/h7-8,11,14,17,19,24-25,27-28H,1,9-10,12-13,15-16,18,20-21H2,2-6H3,(H,39,49)(H,40,46)(H,41,48)/t24-,27+,28+,37-/m1/s1. The highest BCUT2D eigenvalue weighted by atomic mass is 32.2. The zero-order valence-corrected chi connectivity index (χ0v) is 32.4. The molecule has 1 aromatic carbocycles. The monoisotopic (exact) mass is 784 g/mol. The van der Waals surface area contributed by atoms with Gasteiger partial charge in [-0.15, -0.1) is 6.58 Å². The van der Waals surface area contributed by atoms with E-state index in [2.05, 4.69) is 26.9 Å². The third-order valence-corrected chi connectivity index (χ3v) is 11.3. The van der Waals surface area contributed by atoms with E-state index in [-0.39, 0.29) is 57.0 Å². The van der Waals surface area contributed by atoms with Gasteiger partial charge in [0.05, 0.1) is 18.9 Å². The predicted octanol–water partition coefficient (Wildman–Crippen LogP) is 2.08. The van der Waals surface area contributed by atoms with Crippen LogP contribution in [0.25, 0.3) is 10.8 Å². The van der Waals surface area contributed by atoms with E-state index < -0.39 is 74.3 Å². The number of likely N-dealkylation sites (tertiary alicyclic amines) is 2. The third-order valence-electron chi connectivity index (χ3n) is 9.50. The van der Waals surface area contributed by atoms with Crippen molar-refractivity contribution >= 4 is 56.4 Å². The molecule has 298 valence electrons. The van der Waals surface area contributed by atoms with Crippen molar-refractivity contribution in [2.24, 2.45) is 0 Å². The summed E-state index contributed by atoms with van der Waals surface area (Å²) in [6.07, 6.45) is 1.38. The van der Waals surface area contributed by atoms with Crippen molar-refractivity contribution in [3.63, 3.8) is 0 Å². The smallest absolute Gasteiger partial charge is 0.408 e. The number of hydrogen-bond acceptors (Lipinski definition) is 12. The molecule has 4 atom stereocenters. The Morgan fingerprint density at radius 1 is 1.11 bits per heavy atom. The van der Waals surface area contributed by atoms with Crippen LogP contribution in [0.3, 0.4) is 0 Å². The first-order valence-electron chi connectivity index (χ1n) is 18.1. The van der Waals surface area contributed by atoms with Crippen LogP contribution < -0.4 is 24.8 Å². The topological polar surface area (TPSA) is 220 Å². The Bertz CT molecular complexity index is 1980. The van der Waals surface area contributed by atoms with Crippen LogP contribution in [0.4, 0.5) is 4.79 Å². The molecule has 1 aromatic heterocycles. The number of amides is 6. The van der Waals surface area contributed by atoms with Crippen molar-refractivity contribution in [2.45, 2.75) is 107 Å². The van der Waals surface area contributed by atoms with E-state index in [0.717, 1.165) is 10.3 Å². The van der Waals surface area contributed by atoms with Crippen molar-refractivity contribution < 1.29 is 51.4 Å². The summed E-state index contributed by atoms with van der Waals surface area (Å²) in [6.45, 7) is 9.98. The lowest BCUT2D eigenvalue weighted by atomic mass is 9.96. The number of pyridine rings is 1. The van der Waals surface area contributed by atoms with Gasteiger partial charge in [-0.2, -0.15) is 0 Å². The summed E-state index contributed by atoms with van der Waals surface area (Å²) in [7, 11) is -2.44. The second-order valence-electron chi connectivity index (χ2n) is 15.1. The van der Waals surface area contributed by atoms with Gasteiger partial charge in [-0.05, 0) is 83.0 Å². The van der Waals surface area contributed by atoms with Crippen molar-refractivity contribution in [1.82, 2.24) is 30.1 Å². The van der Waals surface area contributed by atoms with Gasteiger partial charge in [-0.25, -0.2) is 18.2 Å². The lowest BCUT2D eigenvalue weighted by Crippen LogP contribution is -2.62. The number of carbonyl (C=O) groups is 6. The molecular weight excluding hydrogens is 737 g/mol. The summed E-state index contributed by atoms with van der Waals surface area (Å²) in [5.74, 6) is -2.60. The molecule has 2 saturated heterocycles. The van der Waals surface area contributed by atoms with E-state index in [1.165, 1.54) is 31.2 Å². The molecule has 55 heavy (non-hydrogen) atoms. The van der Waals surface area contributed by atoms with Gasteiger partial charge >= 0.3 is 6.09 Å². The number of rotatable bonds is 15. The Morgan fingerprint density at radius 3 is 2.44 bits per heavy atom. The highest BCUT2D eigenvalue weighted by Gasteiger charge is 2.47. The fraction of sp³-hybridized carbons (Fsp3) is 0.541. The molecule has 3 N–H and O–H groups in total. The highest BCUT2D eigenvalue weighted by Crippen LogP contribution is 2.32. The van der Waals surface area contributed by atoms with Crippen LogP contribution in [0.2, 0.25) is 0 Å². The van der Waals surface area contributed by atoms with Gasteiger partial charge in [0.15, 0.2) is 0 Å². The first-order chi connectivity index (χ1) is 25.8. The van der Waals surface area contributed by atoms with Crippen LogP contribution >= 0.6 is 0 Å². The van der Waals surface area contributed by atoms with Gasteiger partial charge < -0.3 is 29.7 Å². The first-order valence-corrected chi connectivity index (χ1v) is 19.6. The number of benzene rings is 1. The number of β-lactam (4-membered cyclic amide) rings is 1. The normalized spacial score (nSPS) is 20.1. The van der Waals surface area contributed by atoms with E-state index >= 15 is 0 Å². The summed E-state index contributed by atoms with van der Waals surface area (Å²) in [5.41, 5.74) is -2.74. The Balaban J connectivity index is 1.45. The minimum absolute atomic E-state index is 0.0989. The minimum atomic E-state index is -3.98. The van der Waals surface area contributed by atoms with Crippen LogP contribution in [0.1, 0.15) is 72.6 Å². The number of fused-ring (bicyclic) bond motifs is 1. The van der Waals surface area contributed by atoms with Crippen LogP contribution in [0.5, 0.6) is 11.6 Å². The van der Waals surface area contributed by atoms with Crippen LogP contribution in [-0.2, 0) is 38.7 Å². The molecule has 3 heterocycles. The Labute approximate surface area is 319 Å². The van der Waals surface area contributed by atoms with Gasteiger partial charge in [0, 0.05) is 37.4 Å². The van der Waals surface area contributed by atoms with Crippen molar-refractivity contribution in [3.8, 4) is 11.6 Å². The lowest BCUT2D eigenvalue weighted by molar-refractivity contribution is -0.152. The maximum absolute atomic E-state index is 14.5. The fourth-order valence-electron chi connectivity index (χ4n) is 6.32. The zero-order valence-electron chi connectivity index (χ0n) is 31.6. The van der Waals surface area contributed by atoms with Gasteiger partial charge in [-0.3, -0.25) is 33.6 Å². The number of imide groups is 1. The molecule has 6 amide bonds. The molecule has 2 aliphatic heterocycles. The highest BCUT2D eigenvalue weighted by molar-refractivity contribution is 7.91. The minimum Gasteiger partial charge on any atom is -0.497 e. The quantitative estimate of drug-likeness (QED) is 0.175. The molecule has 0 radical (unpaired) electrons. The number of alkyl carbamates (subject to hydrolysis) is 1. The number of carbonyl (C=O) groups excluding carboxylic acids is 6. The number of methoxy groups -OCH3 is 1. The molecule has 1 saturated carbocycles. The average Bonchev–Trinajstić information content (AvgIpc) is 3.89. The Hall–Kier alpha value is -5.26. The first kappa shape index (κ1) is 40.9. The van der Waals surface area contributed by atoms with Gasteiger partial charge in [0.2, 0.25) is 39.5 Å². The number of sulfonamides is 1. The fourth-order valence-corrected chi connectivity index (χ4v) is 7.73. The number of aromatic nitrogens is 1. The van der Waals surface area contributed by atoms with Crippen LogP contribution in [0.15, 0.2) is 43.1 Å². The molecule has 1 aliphatic carbocycles. The maximum atomic E-state index is 14.5. The molecule has 18 heteroatoms. The summed E-state index contributed by atoms with van der Waals surface area (Å²) in [6, 6.07) is 4.35. The molecule has 3 aliphatic rings. The second-order valence-corrected chi connectivity index (χ2v) is 17.1. The van der Waals surface area contributed by atoms with E-state index in [1.54, 1.807) is 45.0 Å². The summed E-state index contributed by atoms with van der Waals surface area (Å²) in [4.78, 5) is 86.6. The number of nitrogens with one attached hydrogen (secondary N) is 3. The SMILES string of the molecule is C=CC[C@@](C)(NC(=O)[C@@H]1C[C@@H](Oc2nccc3cc(OC)ccc23)CN1C(=O)[C@H](CCC(=O)N1CCC1=O)NC(=O)OC(C)(C)C)C(=O)NS(=O)(=O)C1CC1. The molecule has 3 fully saturated rings. The molecule has 0 unspecified atom stereocenters. The van der Waals surface area contributed by atoms with E-state index in [4.69, 9.17) is 14.2 Å². The number of hydrogen-bond donors (Lipinski definition) is 3. The molecule has 5 rings (SSSR count). The van der Waals surface area contributed by atoms with Gasteiger partial charge in [0.25, 0.3) is 5.91 Å². The largest absolute Gasteiger partial charge is 0.497 e. The molecule has 17 nitrogen and oxygen atoms in total.